The predicted octanol–water partition coefficient (Wildman–Crippen LogP) is 2.97. The van der Waals surface area contributed by atoms with E-state index in [0.717, 1.165) is 16.9 Å². The van der Waals surface area contributed by atoms with Gasteiger partial charge in [0.25, 0.3) is 0 Å². The number of hydrogen-bond acceptors (Lipinski definition) is 2. The van der Waals surface area contributed by atoms with Crippen LogP contribution >= 0.6 is 23.2 Å². The third-order valence-corrected chi connectivity index (χ3v) is 2.65. The predicted molar refractivity (Wildman–Crippen MR) is 60.7 cm³/mol. The van der Waals surface area contributed by atoms with Gasteiger partial charge in [0, 0.05) is 5.02 Å². The molecule has 0 radical (unpaired) electrons. The molecule has 1 heterocycles. The van der Waals surface area contributed by atoms with Crippen LogP contribution in [0.15, 0.2) is 24.4 Å². The Hall–Kier alpha value is -1.06. The lowest BCUT2D eigenvalue weighted by Crippen LogP contribution is -2.02. The second-order valence-corrected chi connectivity index (χ2v) is 3.91. The summed E-state index contributed by atoms with van der Waals surface area (Å²) in [6.07, 6.45) is 1.65. The Morgan fingerprint density at radius 3 is 2.87 bits per heavy atom. The summed E-state index contributed by atoms with van der Waals surface area (Å²) >= 11 is 11.7. The van der Waals surface area contributed by atoms with E-state index in [-0.39, 0.29) is 0 Å². The van der Waals surface area contributed by atoms with Crippen LogP contribution in [0, 0.1) is 6.92 Å². The molecule has 1 aromatic heterocycles. The van der Waals surface area contributed by atoms with Crippen molar-refractivity contribution < 1.29 is 0 Å². The number of hydrogen-bond donors (Lipinski definition) is 0. The highest BCUT2D eigenvalue weighted by Gasteiger charge is 2.07. The molecular formula is C10H9Cl2N3. The standard InChI is InChI=1S/C10H9Cl2N3/c1-7-4-8(12)2-3-10(7)15-9(5-11)6-13-14-15/h2-4,6H,5H2,1H3. The van der Waals surface area contributed by atoms with Gasteiger partial charge in [-0.1, -0.05) is 16.8 Å². The molecule has 2 aromatic rings. The summed E-state index contributed by atoms with van der Waals surface area (Å²) in [5, 5.41) is 8.53. The first kappa shape index (κ1) is 10.5. The molecule has 1 aromatic carbocycles. The van der Waals surface area contributed by atoms with Gasteiger partial charge in [-0.2, -0.15) is 0 Å². The average molecular weight is 242 g/mol. The van der Waals surface area contributed by atoms with Crippen molar-refractivity contribution in [2.75, 3.05) is 0 Å². The van der Waals surface area contributed by atoms with Crippen LogP contribution in [-0.2, 0) is 5.88 Å². The van der Waals surface area contributed by atoms with E-state index in [1.54, 1.807) is 10.9 Å². The van der Waals surface area contributed by atoms with E-state index >= 15 is 0 Å². The molecule has 0 fully saturated rings. The highest BCUT2D eigenvalue weighted by atomic mass is 35.5. The van der Waals surface area contributed by atoms with Gasteiger partial charge in [-0.3, -0.25) is 0 Å². The molecule has 3 nitrogen and oxygen atoms in total. The number of halogens is 2. The van der Waals surface area contributed by atoms with E-state index in [4.69, 9.17) is 23.2 Å². The number of benzene rings is 1. The van der Waals surface area contributed by atoms with Gasteiger partial charge in [0.15, 0.2) is 0 Å². The Bertz CT molecular complexity index is 479. The molecule has 0 amide bonds. The SMILES string of the molecule is Cc1cc(Cl)ccc1-n1nncc1CCl. The van der Waals surface area contributed by atoms with Crippen LogP contribution in [0.4, 0.5) is 0 Å². The number of aryl methyl sites for hydroxylation is 1. The maximum absolute atomic E-state index is 5.88. The van der Waals surface area contributed by atoms with Crippen LogP contribution < -0.4 is 0 Å². The lowest BCUT2D eigenvalue weighted by atomic mass is 10.2. The highest BCUT2D eigenvalue weighted by Crippen LogP contribution is 2.19. The molecule has 0 aliphatic heterocycles. The van der Waals surface area contributed by atoms with Crippen molar-refractivity contribution in [1.82, 2.24) is 15.0 Å². The fourth-order valence-electron chi connectivity index (χ4n) is 1.41. The minimum absolute atomic E-state index is 0.384. The number of rotatable bonds is 2. The fraction of sp³-hybridized carbons (Fsp3) is 0.200. The summed E-state index contributed by atoms with van der Waals surface area (Å²) in [5.41, 5.74) is 2.86. The van der Waals surface area contributed by atoms with Crippen LogP contribution in [0.2, 0.25) is 5.02 Å². The Labute approximate surface area is 97.6 Å². The van der Waals surface area contributed by atoms with Gasteiger partial charge in [0.05, 0.1) is 23.5 Å². The van der Waals surface area contributed by atoms with Gasteiger partial charge in [0.1, 0.15) is 0 Å². The van der Waals surface area contributed by atoms with Crippen molar-refractivity contribution in [3.05, 3.63) is 40.7 Å². The topological polar surface area (TPSA) is 30.7 Å². The van der Waals surface area contributed by atoms with Crippen molar-refractivity contribution in [3.63, 3.8) is 0 Å². The van der Waals surface area contributed by atoms with Gasteiger partial charge < -0.3 is 0 Å². The Balaban J connectivity index is 2.54. The summed E-state index contributed by atoms with van der Waals surface area (Å²) in [4.78, 5) is 0. The molecule has 0 N–H and O–H groups in total. The monoisotopic (exact) mass is 241 g/mol. The lowest BCUT2D eigenvalue weighted by Gasteiger charge is -2.07. The van der Waals surface area contributed by atoms with Crippen LogP contribution in [-0.4, -0.2) is 15.0 Å². The normalized spacial score (nSPS) is 10.6. The number of nitrogens with zero attached hydrogens (tertiary/aromatic N) is 3. The van der Waals surface area contributed by atoms with Crippen molar-refractivity contribution in [1.29, 1.82) is 0 Å². The van der Waals surface area contributed by atoms with E-state index in [1.165, 1.54) is 0 Å². The van der Waals surface area contributed by atoms with Crippen molar-refractivity contribution in [2.45, 2.75) is 12.8 Å². The Morgan fingerprint density at radius 1 is 1.40 bits per heavy atom. The third kappa shape index (κ3) is 1.98. The molecule has 15 heavy (non-hydrogen) atoms. The quantitative estimate of drug-likeness (QED) is 0.758. The number of alkyl halides is 1. The van der Waals surface area contributed by atoms with E-state index in [1.807, 2.05) is 25.1 Å². The van der Waals surface area contributed by atoms with Crippen LogP contribution in [0.3, 0.4) is 0 Å². The lowest BCUT2D eigenvalue weighted by molar-refractivity contribution is 0.777. The summed E-state index contributed by atoms with van der Waals surface area (Å²) in [7, 11) is 0. The average Bonchev–Trinajstić information content (AvgIpc) is 2.65. The second kappa shape index (κ2) is 4.21. The van der Waals surface area contributed by atoms with Crippen molar-refractivity contribution in [2.24, 2.45) is 0 Å². The van der Waals surface area contributed by atoms with Crippen LogP contribution in [0.25, 0.3) is 5.69 Å². The zero-order chi connectivity index (χ0) is 10.8. The molecule has 0 saturated heterocycles. The van der Waals surface area contributed by atoms with Crippen molar-refractivity contribution in [3.8, 4) is 5.69 Å². The van der Waals surface area contributed by atoms with Gasteiger partial charge in [-0.15, -0.1) is 16.7 Å². The molecule has 5 heteroatoms. The molecule has 0 spiro atoms. The largest absolute Gasteiger partial charge is 0.216 e. The summed E-state index contributed by atoms with van der Waals surface area (Å²) < 4.78 is 1.72. The molecule has 0 unspecified atom stereocenters. The zero-order valence-electron chi connectivity index (χ0n) is 8.11. The Morgan fingerprint density at radius 2 is 2.20 bits per heavy atom. The molecule has 0 atom stereocenters. The maximum atomic E-state index is 5.88. The van der Waals surface area contributed by atoms with Gasteiger partial charge in [-0.25, -0.2) is 4.68 Å². The van der Waals surface area contributed by atoms with E-state index < -0.39 is 0 Å². The van der Waals surface area contributed by atoms with E-state index in [9.17, 15) is 0 Å². The van der Waals surface area contributed by atoms with Gasteiger partial charge in [-0.05, 0) is 30.7 Å². The molecule has 0 bridgehead atoms. The molecule has 0 aliphatic rings. The van der Waals surface area contributed by atoms with Crippen LogP contribution in [0.5, 0.6) is 0 Å². The highest BCUT2D eigenvalue weighted by molar-refractivity contribution is 6.30. The summed E-state index contributed by atoms with van der Waals surface area (Å²) in [6, 6.07) is 5.61. The molecule has 2 rings (SSSR count). The minimum atomic E-state index is 0.384. The molecule has 0 saturated carbocycles. The molecule has 0 aliphatic carbocycles. The first-order chi connectivity index (χ1) is 7.22. The third-order valence-electron chi connectivity index (χ3n) is 2.14. The fourth-order valence-corrected chi connectivity index (χ4v) is 1.82. The van der Waals surface area contributed by atoms with Gasteiger partial charge in [0.2, 0.25) is 0 Å². The first-order valence-electron chi connectivity index (χ1n) is 4.44. The second-order valence-electron chi connectivity index (χ2n) is 3.20. The first-order valence-corrected chi connectivity index (χ1v) is 5.35. The van der Waals surface area contributed by atoms with Gasteiger partial charge >= 0.3 is 0 Å². The minimum Gasteiger partial charge on any atom is -0.216 e. The summed E-state index contributed by atoms with van der Waals surface area (Å²) in [5.74, 6) is 0.384. The zero-order valence-corrected chi connectivity index (χ0v) is 9.63. The molecular weight excluding hydrogens is 233 g/mol. The van der Waals surface area contributed by atoms with Crippen molar-refractivity contribution >= 4 is 23.2 Å². The van der Waals surface area contributed by atoms with E-state index in [0.29, 0.717) is 10.9 Å². The maximum Gasteiger partial charge on any atom is 0.0793 e. The smallest absolute Gasteiger partial charge is 0.0793 e. The van der Waals surface area contributed by atoms with E-state index in [2.05, 4.69) is 10.3 Å². The van der Waals surface area contributed by atoms with Crippen LogP contribution in [0.1, 0.15) is 11.3 Å². The molecule has 78 valence electrons. The Kier molecular flexibility index (Phi) is 2.93. The number of aromatic nitrogens is 3. The summed E-state index contributed by atoms with van der Waals surface area (Å²) in [6.45, 7) is 1.97.